The van der Waals surface area contributed by atoms with Gasteiger partial charge in [0.1, 0.15) is 0 Å². The first-order chi connectivity index (χ1) is 8.11. The minimum Gasteiger partial charge on any atom is -0.395 e. The van der Waals surface area contributed by atoms with E-state index in [2.05, 4.69) is 25.7 Å². The molecule has 0 aromatic rings. The van der Waals surface area contributed by atoms with Gasteiger partial charge in [-0.25, -0.2) is 0 Å². The zero-order valence-electron chi connectivity index (χ0n) is 11.7. The summed E-state index contributed by atoms with van der Waals surface area (Å²) in [7, 11) is 0. The highest BCUT2D eigenvalue weighted by atomic mass is 16.3. The van der Waals surface area contributed by atoms with Crippen molar-refractivity contribution in [3.8, 4) is 0 Å². The Morgan fingerprint density at radius 3 is 2.35 bits per heavy atom. The lowest BCUT2D eigenvalue weighted by Gasteiger charge is -2.37. The summed E-state index contributed by atoms with van der Waals surface area (Å²) in [5.41, 5.74) is 6.28. The Morgan fingerprint density at radius 1 is 1.29 bits per heavy atom. The second kappa shape index (κ2) is 7.34. The molecule has 0 aromatic carbocycles. The topological polar surface area (TPSA) is 49.5 Å². The van der Waals surface area contributed by atoms with Gasteiger partial charge < -0.3 is 10.8 Å². The van der Waals surface area contributed by atoms with Crippen LogP contribution in [0.1, 0.15) is 52.9 Å². The molecule has 0 spiro atoms. The van der Waals surface area contributed by atoms with Gasteiger partial charge in [0.25, 0.3) is 0 Å². The lowest BCUT2D eigenvalue weighted by molar-refractivity contribution is 0.0717. The Labute approximate surface area is 106 Å². The van der Waals surface area contributed by atoms with Crippen molar-refractivity contribution in [1.29, 1.82) is 0 Å². The molecule has 3 heteroatoms. The van der Waals surface area contributed by atoms with Crippen molar-refractivity contribution in [3.05, 3.63) is 0 Å². The molecule has 0 heterocycles. The third-order valence-electron chi connectivity index (χ3n) is 3.91. The van der Waals surface area contributed by atoms with E-state index in [1.807, 2.05) is 0 Å². The molecule has 0 aliphatic heterocycles. The minimum atomic E-state index is 0.152. The average molecular weight is 242 g/mol. The van der Waals surface area contributed by atoms with E-state index in [0.29, 0.717) is 12.0 Å². The Hall–Kier alpha value is -0.120. The Bertz CT molecular complexity index is 204. The van der Waals surface area contributed by atoms with Crippen LogP contribution in [0.25, 0.3) is 0 Å². The average Bonchev–Trinajstić information content (AvgIpc) is 3.11. The number of rotatable bonds is 9. The van der Waals surface area contributed by atoms with Crippen LogP contribution in [0.3, 0.4) is 0 Å². The molecule has 0 bridgehead atoms. The van der Waals surface area contributed by atoms with E-state index in [1.54, 1.807) is 0 Å². The van der Waals surface area contributed by atoms with Crippen LogP contribution in [-0.2, 0) is 0 Å². The fourth-order valence-electron chi connectivity index (χ4n) is 2.59. The van der Waals surface area contributed by atoms with Crippen molar-refractivity contribution in [1.82, 2.24) is 4.90 Å². The molecular weight excluding hydrogens is 212 g/mol. The molecule has 0 saturated heterocycles. The number of hydrogen-bond donors (Lipinski definition) is 2. The van der Waals surface area contributed by atoms with E-state index in [-0.39, 0.29) is 18.7 Å². The molecule has 1 aliphatic carbocycles. The van der Waals surface area contributed by atoms with Crippen LogP contribution in [0.5, 0.6) is 0 Å². The lowest BCUT2D eigenvalue weighted by atomic mass is 10.0. The van der Waals surface area contributed by atoms with Gasteiger partial charge in [0.2, 0.25) is 0 Å². The van der Waals surface area contributed by atoms with Gasteiger partial charge in [-0.1, -0.05) is 19.8 Å². The molecule has 0 amide bonds. The molecular formula is C14H30N2O. The van der Waals surface area contributed by atoms with Crippen LogP contribution in [-0.4, -0.2) is 41.3 Å². The van der Waals surface area contributed by atoms with Gasteiger partial charge in [0, 0.05) is 18.1 Å². The molecule has 1 rings (SSSR count). The van der Waals surface area contributed by atoms with E-state index in [9.17, 15) is 5.11 Å². The second-order valence-electron chi connectivity index (χ2n) is 5.70. The number of unbranched alkanes of at least 4 members (excludes halogenated alkanes) is 2. The Balaban J connectivity index is 2.51. The summed E-state index contributed by atoms with van der Waals surface area (Å²) >= 11 is 0. The van der Waals surface area contributed by atoms with Gasteiger partial charge in [-0.2, -0.15) is 0 Å². The molecule has 2 atom stereocenters. The highest BCUT2D eigenvalue weighted by molar-refractivity contribution is 4.93. The van der Waals surface area contributed by atoms with Gasteiger partial charge >= 0.3 is 0 Å². The fraction of sp³-hybridized carbons (Fsp3) is 1.00. The molecule has 3 N–H and O–H groups in total. The van der Waals surface area contributed by atoms with Gasteiger partial charge in [-0.15, -0.1) is 0 Å². The summed E-state index contributed by atoms with van der Waals surface area (Å²) in [5, 5.41) is 9.63. The normalized spacial score (nSPS) is 19.9. The third kappa shape index (κ3) is 4.57. The second-order valence-corrected chi connectivity index (χ2v) is 5.70. The molecule has 0 aromatic heterocycles. The smallest absolute Gasteiger partial charge is 0.0602 e. The zero-order valence-corrected chi connectivity index (χ0v) is 11.7. The first-order valence-electron chi connectivity index (χ1n) is 7.24. The summed E-state index contributed by atoms with van der Waals surface area (Å²) in [5.74, 6) is 0.652. The fourth-order valence-corrected chi connectivity index (χ4v) is 2.59. The monoisotopic (exact) mass is 242 g/mol. The molecule has 3 nitrogen and oxygen atoms in total. The number of aliphatic hydroxyl groups is 1. The summed E-state index contributed by atoms with van der Waals surface area (Å²) in [4.78, 5) is 2.40. The number of nitrogens with zero attached hydrogens (tertiary/aromatic N) is 1. The Morgan fingerprint density at radius 2 is 1.94 bits per heavy atom. The maximum atomic E-state index is 9.63. The van der Waals surface area contributed by atoms with E-state index in [1.165, 1.54) is 32.1 Å². The van der Waals surface area contributed by atoms with Gasteiger partial charge in [0.05, 0.1) is 6.61 Å². The number of aliphatic hydroxyl groups excluding tert-OH is 1. The predicted molar refractivity (Wildman–Crippen MR) is 72.9 cm³/mol. The maximum Gasteiger partial charge on any atom is 0.0602 e. The summed E-state index contributed by atoms with van der Waals surface area (Å²) in [6, 6.07) is 0.775. The van der Waals surface area contributed by atoms with Crippen molar-refractivity contribution < 1.29 is 5.11 Å². The van der Waals surface area contributed by atoms with Crippen LogP contribution in [0, 0.1) is 5.92 Å². The molecule has 17 heavy (non-hydrogen) atoms. The van der Waals surface area contributed by atoms with Crippen LogP contribution in [0.15, 0.2) is 0 Å². The summed E-state index contributed by atoms with van der Waals surface area (Å²) < 4.78 is 0. The quantitative estimate of drug-likeness (QED) is 0.608. The first kappa shape index (κ1) is 14.9. The molecule has 1 saturated carbocycles. The van der Waals surface area contributed by atoms with E-state index in [4.69, 9.17) is 5.73 Å². The highest BCUT2D eigenvalue weighted by Crippen LogP contribution is 2.34. The highest BCUT2D eigenvalue weighted by Gasteiger charge is 2.36. The standard InChI is InChI=1S/C14H30N2O/c1-4-5-6-9-16(11(2)3)13(10-17)14(15)12-7-8-12/h11-14,17H,4-10,15H2,1-3H3. The van der Waals surface area contributed by atoms with Crippen LogP contribution >= 0.6 is 0 Å². The SMILES string of the molecule is CCCCCN(C(C)C)C(CO)C(N)C1CC1. The Kier molecular flexibility index (Phi) is 6.45. The summed E-state index contributed by atoms with van der Waals surface area (Å²) in [6.07, 6.45) is 6.21. The van der Waals surface area contributed by atoms with Crippen LogP contribution in [0.2, 0.25) is 0 Å². The van der Waals surface area contributed by atoms with E-state index >= 15 is 0 Å². The van der Waals surface area contributed by atoms with Crippen molar-refractivity contribution in [2.45, 2.75) is 71.0 Å². The van der Waals surface area contributed by atoms with Crippen molar-refractivity contribution >= 4 is 0 Å². The lowest BCUT2D eigenvalue weighted by Crippen LogP contribution is -2.53. The van der Waals surface area contributed by atoms with Crippen LogP contribution < -0.4 is 5.73 Å². The third-order valence-corrected chi connectivity index (χ3v) is 3.91. The molecule has 1 fully saturated rings. The van der Waals surface area contributed by atoms with Gasteiger partial charge in [-0.05, 0) is 45.6 Å². The number of hydrogen-bond acceptors (Lipinski definition) is 3. The number of nitrogens with two attached hydrogens (primary N) is 1. The molecule has 2 unspecified atom stereocenters. The van der Waals surface area contributed by atoms with Crippen molar-refractivity contribution in [2.24, 2.45) is 11.7 Å². The molecule has 0 radical (unpaired) electrons. The first-order valence-corrected chi connectivity index (χ1v) is 7.24. The summed E-state index contributed by atoms with van der Waals surface area (Å²) in [6.45, 7) is 7.89. The van der Waals surface area contributed by atoms with E-state index in [0.717, 1.165) is 6.54 Å². The van der Waals surface area contributed by atoms with E-state index < -0.39 is 0 Å². The minimum absolute atomic E-state index is 0.152. The van der Waals surface area contributed by atoms with Gasteiger partial charge in [0.15, 0.2) is 0 Å². The van der Waals surface area contributed by atoms with Crippen LogP contribution in [0.4, 0.5) is 0 Å². The van der Waals surface area contributed by atoms with Crippen molar-refractivity contribution in [3.63, 3.8) is 0 Å². The van der Waals surface area contributed by atoms with Gasteiger partial charge in [-0.3, -0.25) is 4.90 Å². The largest absolute Gasteiger partial charge is 0.395 e. The van der Waals surface area contributed by atoms with Crippen molar-refractivity contribution in [2.75, 3.05) is 13.2 Å². The maximum absolute atomic E-state index is 9.63. The molecule has 1 aliphatic rings. The molecule has 102 valence electrons. The predicted octanol–water partition coefficient (Wildman–Crippen LogP) is 1.99. The zero-order chi connectivity index (χ0) is 12.8.